The number of aromatic nitrogens is 2. The molecule has 2 aliphatic rings. The van der Waals surface area contributed by atoms with Gasteiger partial charge < -0.3 is 14.2 Å². The van der Waals surface area contributed by atoms with Crippen LogP contribution in [0.15, 0.2) is 24.3 Å². The molecule has 6 heteroatoms. The summed E-state index contributed by atoms with van der Waals surface area (Å²) in [5.74, 6) is 2.28. The second-order valence-corrected chi connectivity index (χ2v) is 7.85. The number of pyridine rings is 2. The first-order valence-corrected chi connectivity index (χ1v) is 10.1. The van der Waals surface area contributed by atoms with Gasteiger partial charge >= 0.3 is 0 Å². The monoisotopic (exact) mass is 383 g/mol. The minimum Gasteiger partial charge on any atom is -0.490 e. The van der Waals surface area contributed by atoms with Gasteiger partial charge in [0.15, 0.2) is 5.75 Å². The predicted octanol–water partition coefficient (Wildman–Crippen LogP) is 3.86. The molecule has 150 valence electrons. The Hall–Kier alpha value is -2.34. The fraction of sp³-hybridized carbons (Fsp3) is 0.545. The van der Waals surface area contributed by atoms with Crippen LogP contribution in [0, 0.1) is 13.8 Å². The van der Waals surface area contributed by atoms with Crippen molar-refractivity contribution in [3.8, 4) is 17.4 Å². The van der Waals surface area contributed by atoms with E-state index in [0.29, 0.717) is 25.1 Å². The van der Waals surface area contributed by atoms with Crippen LogP contribution in [0.25, 0.3) is 0 Å². The number of nitrogens with zero attached hydrogens (tertiary/aromatic N) is 3. The van der Waals surface area contributed by atoms with Crippen molar-refractivity contribution in [2.45, 2.75) is 58.7 Å². The largest absolute Gasteiger partial charge is 0.490 e. The molecule has 2 aromatic heterocycles. The fourth-order valence-corrected chi connectivity index (χ4v) is 4.23. The van der Waals surface area contributed by atoms with Gasteiger partial charge in [-0.3, -0.25) is 9.88 Å². The number of fused-ring (bicyclic) bond motifs is 1. The van der Waals surface area contributed by atoms with Crippen molar-refractivity contribution in [2.24, 2.45) is 0 Å². The molecule has 0 spiro atoms. The van der Waals surface area contributed by atoms with Crippen molar-refractivity contribution in [3.63, 3.8) is 0 Å². The fourth-order valence-electron chi connectivity index (χ4n) is 4.23. The Balaban J connectivity index is 1.41. The minimum atomic E-state index is 0.220. The van der Waals surface area contributed by atoms with E-state index in [2.05, 4.69) is 29.8 Å². The molecule has 0 saturated carbocycles. The van der Waals surface area contributed by atoms with Crippen LogP contribution in [-0.2, 0) is 0 Å². The minimum absolute atomic E-state index is 0.220. The van der Waals surface area contributed by atoms with E-state index < -0.39 is 0 Å². The standard InChI is InChI=1S/C22H29N3O3/c1-14-11-19(12-15(2)23-14)28-18-7-8-25(16(3)13-18)17(4)20-5-6-21-22(24-20)27-10-9-26-21/h5-6,11-12,16-18H,7-10,13H2,1-4H3/t16-,17?,18+/m1/s1. The summed E-state index contributed by atoms with van der Waals surface area (Å²) in [5.41, 5.74) is 3.02. The van der Waals surface area contributed by atoms with Gasteiger partial charge in [-0.25, -0.2) is 4.98 Å². The third-order valence-corrected chi connectivity index (χ3v) is 5.59. The highest BCUT2D eigenvalue weighted by Gasteiger charge is 2.31. The van der Waals surface area contributed by atoms with E-state index in [4.69, 9.17) is 19.2 Å². The average Bonchev–Trinajstić information content (AvgIpc) is 2.66. The number of hydrogen-bond acceptors (Lipinski definition) is 6. The predicted molar refractivity (Wildman–Crippen MR) is 107 cm³/mol. The molecule has 2 aromatic rings. The zero-order valence-electron chi connectivity index (χ0n) is 17.1. The maximum Gasteiger partial charge on any atom is 0.257 e. The quantitative estimate of drug-likeness (QED) is 0.799. The van der Waals surface area contributed by atoms with Crippen LogP contribution >= 0.6 is 0 Å². The first-order chi connectivity index (χ1) is 13.5. The number of rotatable bonds is 4. The van der Waals surface area contributed by atoms with Gasteiger partial charge in [-0.05, 0) is 52.7 Å². The van der Waals surface area contributed by atoms with Crippen molar-refractivity contribution in [3.05, 3.63) is 41.3 Å². The summed E-state index contributed by atoms with van der Waals surface area (Å²) in [6, 6.07) is 8.69. The van der Waals surface area contributed by atoms with Crippen molar-refractivity contribution in [1.29, 1.82) is 0 Å². The first-order valence-electron chi connectivity index (χ1n) is 10.1. The summed E-state index contributed by atoms with van der Waals surface area (Å²) < 4.78 is 17.5. The van der Waals surface area contributed by atoms with Crippen LogP contribution < -0.4 is 14.2 Å². The molecule has 1 unspecified atom stereocenters. The maximum atomic E-state index is 6.28. The van der Waals surface area contributed by atoms with Crippen molar-refractivity contribution in [2.75, 3.05) is 19.8 Å². The molecule has 3 atom stereocenters. The summed E-state index contributed by atoms with van der Waals surface area (Å²) in [5, 5.41) is 0. The summed E-state index contributed by atoms with van der Waals surface area (Å²) >= 11 is 0. The van der Waals surface area contributed by atoms with Crippen LogP contribution in [0.4, 0.5) is 0 Å². The van der Waals surface area contributed by atoms with Gasteiger partial charge in [0.2, 0.25) is 0 Å². The number of hydrogen-bond donors (Lipinski definition) is 0. The van der Waals surface area contributed by atoms with E-state index in [0.717, 1.165) is 48.0 Å². The molecule has 0 amide bonds. The van der Waals surface area contributed by atoms with Crippen LogP contribution in [0.3, 0.4) is 0 Å². The third kappa shape index (κ3) is 4.07. The van der Waals surface area contributed by atoms with Crippen molar-refractivity contribution >= 4 is 0 Å². The molecule has 6 nitrogen and oxygen atoms in total. The number of ether oxygens (including phenoxy) is 3. The van der Waals surface area contributed by atoms with Crippen molar-refractivity contribution in [1.82, 2.24) is 14.9 Å². The van der Waals surface area contributed by atoms with Crippen LogP contribution in [-0.4, -0.2) is 46.8 Å². The lowest BCUT2D eigenvalue weighted by Crippen LogP contribution is -2.45. The van der Waals surface area contributed by atoms with Gasteiger partial charge in [0, 0.05) is 42.1 Å². The Bertz CT molecular complexity index is 822. The molecule has 0 radical (unpaired) electrons. The molecule has 1 fully saturated rings. The lowest BCUT2D eigenvalue weighted by molar-refractivity contribution is 0.0384. The van der Waals surface area contributed by atoms with Crippen LogP contribution in [0.5, 0.6) is 17.4 Å². The van der Waals surface area contributed by atoms with Gasteiger partial charge in [0.05, 0.1) is 5.69 Å². The maximum absolute atomic E-state index is 6.28. The molecular formula is C22H29N3O3. The van der Waals surface area contributed by atoms with E-state index in [1.54, 1.807) is 0 Å². The van der Waals surface area contributed by atoms with Gasteiger partial charge in [0.1, 0.15) is 25.1 Å². The van der Waals surface area contributed by atoms with Gasteiger partial charge in [-0.15, -0.1) is 0 Å². The van der Waals surface area contributed by atoms with Crippen molar-refractivity contribution < 1.29 is 14.2 Å². The number of piperidine rings is 1. The Morgan fingerprint density at radius 1 is 1.11 bits per heavy atom. The highest BCUT2D eigenvalue weighted by atomic mass is 16.6. The summed E-state index contributed by atoms with van der Waals surface area (Å²) in [4.78, 5) is 11.6. The molecule has 0 N–H and O–H groups in total. The Morgan fingerprint density at radius 3 is 2.61 bits per heavy atom. The summed E-state index contributed by atoms with van der Waals surface area (Å²) in [6.07, 6.45) is 2.22. The second kappa shape index (κ2) is 7.95. The highest BCUT2D eigenvalue weighted by molar-refractivity contribution is 5.36. The Morgan fingerprint density at radius 2 is 1.86 bits per heavy atom. The SMILES string of the molecule is Cc1cc(O[C@H]2CCN(C(C)c3ccc4c(n3)OCCO4)[C@H](C)C2)cc(C)n1. The zero-order chi connectivity index (χ0) is 19.7. The van der Waals surface area contributed by atoms with E-state index in [9.17, 15) is 0 Å². The Labute approximate surface area is 166 Å². The lowest BCUT2D eigenvalue weighted by Gasteiger charge is -2.41. The lowest BCUT2D eigenvalue weighted by atomic mass is 9.97. The Kier molecular flexibility index (Phi) is 5.40. The molecule has 0 aliphatic carbocycles. The van der Waals surface area contributed by atoms with E-state index in [-0.39, 0.29) is 12.1 Å². The normalized spacial score (nSPS) is 23.3. The third-order valence-electron chi connectivity index (χ3n) is 5.59. The molecule has 4 rings (SSSR count). The van der Waals surface area contributed by atoms with E-state index in [1.165, 1.54) is 0 Å². The average molecular weight is 383 g/mol. The second-order valence-electron chi connectivity index (χ2n) is 7.85. The molecular weight excluding hydrogens is 354 g/mol. The van der Waals surface area contributed by atoms with Crippen LogP contribution in [0.1, 0.15) is 49.8 Å². The first kappa shape index (κ1) is 19.0. The molecule has 28 heavy (non-hydrogen) atoms. The molecule has 1 saturated heterocycles. The molecule has 2 aliphatic heterocycles. The topological polar surface area (TPSA) is 56.7 Å². The molecule has 0 bridgehead atoms. The van der Waals surface area contributed by atoms with E-state index in [1.807, 2.05) is 32.0 Å². The highest BCUT2D eigenvalue weighted by Crippen LogP contribution is 2.33. The molecule has 4 heterocycles. The smallest absolute Gasteiger partial charge is 0.257 e. The zero-order valence-corrected chi connectivity index (χ0v) is 17.1. The van der Waals surface area contributed by atoms with Gasteiger partial charge in [-0.1, -0.05) is 0 Å². The number of likely N-dealkylation sites (tertiary alicyclic amines) is 1. The number of aryl methyl sites for hydroxylation is 2. The van der Waals surface area contributed by atoms with E-state index >= 15 is 0 Å². The van der Waals surface area contributed by atoms with Gasteiger partial charge in [-0.2, -0.15) is 0 Å². The summed E-state index contributed by atoms with van der Waals surface area (Å²) in [6.45, 7) is 10.6. The summed E-state index contributed by atoms with van der Waals surface area (Å²) in [7, 11) is 0. The van der Waals surface area contributed by atoms with Gasteiger partial charge in [0.25, 0.3) is 5.88 Å². The molecule has 0 aromatic carbocycles. The van der Waals surface area contributed by atoms with Crippen LogP contribution in [0.2, 0.25) is 0 Å².